The van der Waals surface area contributed by atoms with Gasteiger partial charge in [-0.3, -0.25) is 9.88 Å². The van der Waals surface area contributed by atoms with E-state index < -0.39 is 0 Å². The van der Waals surface area contributed by atoms with Crippen molar-refractivity contribution in [2.45, 2.75) is 27.3 Å². The number of rotatable bonds is 6. The van der Waals surface area contributed by atoms with Gasteiger partial charge in [-0.1, -0.05) is 32.0 Å². The zero-order valence-corrected chi connectivity index (χ0v) is 15.1. The molecule has 0 aliphatic heterocycles. The molecule has 130 valence electrons. The Balaban J connectivity index is 1.85. The maximum Gasteiger partial charge on any atom is 0.122 e. The third-order valence-electron chi connectivity index (χ3n) is 4.55. The van der Waals surface area contributed by atoms with Crippen molar-refractivity contribution in [1.29, 1.82) is 0 Å². The molecule has 0 radical (unpaired) electrons. The fourth-order valence-electron chi connectivity index (χ4n) is 2.99. The predicted molar refractivity (Wildman–Crippen MR) is 104 cm³/mol. The van der Waals surface area contributed by atoms with E-state index in [1.165, 1.54) is 5.56 Å². The number of aromatic hydroxyl groups is 1. The summed E-state index contributed by atoms with van der Waals surface area (Å²) in [6.07, 6.45) is 1.80. The van der Waals surface area contributed by atoms with Crippen LogP contribution >= 0.6 is 0 Å². The average molecular weight is 335 g/mol. The number of nitrogens with zero attached hydrogens (tertiary/aromatic N) is 2. The number of benzene rings is 2. The van der Waals surface area contributed by atoms with Gasteiger partial charge in [0, 0.05) is 41.1 Å². The van der Waals surface area contributed by atoms with Crippen molar-refractivity contribution in [2.24, 2.45) is 0 Å². The van der Waals surface area contributed by atoms with Gasteiger partial charge in [-0.15, -0.1) is 0 Å². The summed E-state index contributed by atoms with van der Waals surface area (Å²) in [5.41, 5.74) is 4.96. The summed E-state index contributed by atoms with van der Waals surface area (Å²) in [4.78, 5) is 6.71. The topological polar surface area (TPSA) is 48.4 Å². The van der Waals surface area contributed by atoms with Crippen LogP contribution in [0.25, 0.3) is 10.9 Å². The van der Waals surface area contributed by atoms with Crippen LogP contribution in [0.15, 0.2) is 48.7 Å². The minimum Gasteiger partial charge on any atom is -0.508 e. The fourth-order valence-corrected chi connectivity index (χ4v) is 2.99. The zero-order chi connectivity index (χ0) is 17.8. The van der Waals surface area contributed by atoms with E-state index in [0.717, 1.165) is 47.5 Å². The van der Waals surface area contributed by atoms with Crippen molar-refractivity contribution in [2.75, 3.05) is 18.4 Å². The lowest BCUT2D eigenvalue weighted by molar-refractivity contribution is 0.291. The molecule has 0 bridgehead atoms. The highest BCUT2D eigenvalue weighted by Crippen LogP contribution is 2.29. The van der Waals surface area contributed by atoms with Crippen LogP contribution < -0.4 is 5.32 Å². The van der Waals surface area contributed by atoms with Crippen molar-refractivity contribution >= 4 is 22.3 Å². The Morgan fingerprint density at radius 2 is 1.84 bits per heavy atom. The van der Waals surface area contributed by atoms with Crippen molar-refractivity contribution in [3.05, 3.63) is 59.8 Å². The quantitative estimate of drug-likeness (QED) is 0.677. The van der Waals surface area contributed by atoms with Crippen LogP contribution in [0.4, 0.5) is 11.4 Å². The van der Waals surface area contributed by atoms with Crippen LogP contribution in [-0.2, 0) is 6.54 Å². The molecule has 0 unspecified atom stereocenters. The molecule has 4 heteroatoms. The van der Waals surface area contributed by atoms with Crippen LogP contribution in [0, 0.1) is 6.92 Å². The lowest BCUT2D eigenvalue weighted by Gasteiger charge is -2.19. The van der Waals surface area contributed by atoms with Gasteiger partial charge in [0.25, 0.3) is 0 Å². The normalized spacial score (nSPS) is 11.2. The summed E-state index contributed by atoms with van der Waals surface area (Å²) in [7, 11) is 0. The second-order valence-electron chi connectivity index (χ2n) is 6.31. The molecule has 0 saturated carbocycles. The molecule has 0 aliphatic carbocycles. The van der Waals surface area contributed by atoms with Crippen LogP contribution in [-0.4, -0.2) is 28.1 Å². The van der Waals surface area contributed by atoms with E-state index in [0.29, 0.717) is 5.75 Å². The number of hydrogen-bond acceptors (Lipinski definition) is 4. The van der Waals surface area contributed by atoms with E-state index in [1.54, 1.807) is 12.3 Å². The Morgan fingerprint density at radius 1 is 1.04 bits per heavy atom. The minimum atomic E-state index is 0.325. The van der Waals surface area contributed by atoms with Crippen LogP contribution in [0.5, 0.6) is 5.75 Å². The summed E-state index contributed by atoms with van der Waals surface area (Å²) in [5, 5.41) is 14.9. The van der Waals surface area contributed by atoms with E-state index in [-0.39, 0.29) is 0 Å². The number of hydrogen-bond donors (Lipinski definition) is 2. The monoisotopic (exact) mass is 335 g/mol. The third-order valence-corrected chi connectivity index (χ3v) is 4.55. The Hall–Kier alpha value is -2.59. The molecule has 0 spiro atoms. The van der Waals surface area contributed by atoms with Crippen molar-refractivity contribution in [3.63, 3.8) is 0 Å². The molecule has 1 heterocycles. The van der Waals surface area contributed by atoms with Crippen LogP contribution in [0.3, 0.4) is 0 Å². The second kappa shape index (κ2) is 7.53. The Bertz CT molecular complexity index is 872. The molecule has 3 aromatic rings. The van der Waals surface area contributed by atoms with E-state index in [4.69, 9.17) is 0 Å². The Kier molecular flexibility index (Phi) is 5.19. The van der Waals surface area contributed by atoms with Gasteiger partial charge in [0.05, 0.1) is 5.52 Å². The van der Waals surface area contributed by atoms with Gasteiger partial charge in [0.15, 0.2) is 0 Å². The molecule has 1 aromatic heterocycles. The van der Waals surface area contributed by atoms with Gasteiger partial charge in [-0.05, 0) is 43.8 Å². The Labute approximate surface area is 149 Å². The summed E-state index contributed by atoms with van der Waals surface area (Å²) < 4.78 is 0. The highest BCUT2D eigenvalue weighted by molar-refractivity contribution is 5.93. The lowest BCUT2D eigenvalue weighted by Crippen LogP contribution is -2.22. The molecule has 0 fully saturated rings. The highest BCUT2D eigenvalue weighted by atomic mass is 16.3. The molecule has 3 rings (SSSR count). The largest absolute Gasteiger partial charge is 0.508 e. The molecule has 2 aromatic carbocycles. The van der Waals surface area contributed by atoms with E-state index in [1.807, 2.05) is 18.2 Å². The van der Waals surface area contributed by atoms with Crippen molar-refractivity contribution in [1.82, 2.24) is 9.88 Å². The number of aryl methyl sites for hydroxylation is 1. The second-order valence-corrected chi connectivity index (χ2v) is 6.31. The van der Waals surface area contributed by atoms with Crippen LogP contribution in [0.1, 0.15) is 25.0 Å². The highest BCUT2D eigenvalue weighted by Gasteiger charge is 2.08. The maximum atomic E-state index is 10.4. The first-order chi connectivity index (χ1) is 12.1. The fraction of sp³-hybridized carbons (Fsp3) is 0.286. The van der Waals surface area contributed by atoms with Gasteiger partial charge < -0.3 is 10.4 Å². The van der Waals surface area contributed by atoms with E-state index >= 15 is 0 Å². The first kappa shape index (κ1) is 17.2. The number of fused-ring (bicyclic) bond motifs is 1. The molecule has 0 aliphatic rings. The van der Waals surface area contributed by atoms with Crippen LogP contribution in [0.2, 0.25) is 0 Å². The van der Waals surface area contributed by atoms with Crippen molar-refractivity contribution in [3.8, 4) is 5.75 Å². The smallest absolute Gasteiger partial charge is 0.122 e. The van der Waals surface area contributed by atoms with Gasteiger partial charge in [-0.25, -0.2) is 0 Å². The summed E-state index contributed by atoms with van der Waals surface area (Å²) in [6, 6.07) is 14.0. The molecule has 25 heavy (non-hydrogen) atoms. The zero-order valence-electron chi connectivity index (χ0n) is 15.1. The third kappa shape index (κ3) is 3.91. The maximum absolute atomic E-state index is 10.4. The molecule has 4 nitrogen and oxygen atoms in total. The number of pyridine rings is 1. The molecule has 2 N–H and O–H groups in total. The molecule has 0 saturated heterocycles. The van der Waals surface area contributed by atoms with Crippen molar-refractivity contribution < 1.29 is 5.11 Å². The lowest BCUT2D eigenvalue weighted by atomic mass is 10.1. The SMILES string of the molecule is CCN(CC)Cc1ccc(Nc2ccnc3cc(C)ccc23)cc1O. The first-order valence-electron chi connectivity index (χ1n) is 8.77. The molecule has 0 amide bonds. The number of anilines is 2. The standard InChI is InChI=1S/C21H25N3O/c1-4-24(5-2)14-16-7-8-17(13-21(16)25)23-19-10-11-22-20-12-15(3)6-9-18(19)20/h6-13,25H,4-5,14H2,1-3H3,(H,22,23). The average Bonchev–Trinajstić information content (AvgIpc) is 2.61. The minimum absolute atomic E-state index is 0.325. The van der Waals surface area contributed by atoms with E-state index in [2.05, 4.69) is 54.2 Å². The molecular weight excluding hydrogens is 310 g/mol. The number of aromatic nitrogens is 1. The number of nitrogens with one attached hydrogen (secondary N) is 1. The van der Waals surface area contributed by atoms with Gasteiger partial charge in [0.1, 0.15) is 5.75 Å². The molecule has 0 atom stereocenters. The van der Waals surface area contributed by atoms with Gasteiger partial charge in [-0.2, -0.15) is 0 Å². The molecular formula is C21H25N3O. The first-order valence-corrected chi connectivity index (χ1v) is 8.77. The van der Waals surface area contributed by atoms with Gasteiger partial charge >= 0.3 is 0 Å². The van der Waals surface area contributed by atoms with Gasteiger partial charge in [0.2, 0.25) is 0 Å². The summed E-state index contributed by atoms with van der Waals surface area (Å²) >= 11 is 0. The predicted octanol–water partition coefficient (Wildman–Crippen LogP) is 4.83. The number of phenolic OH excluding ortho intramolecular Hbond substituents is 1. The summed E-state index contributed by atoms with van der Waals surface area (Å²) in [5.74, 6) is 0.325. The van der Waals surface area contributed by atoms with E-state index in [9.17, 15) is 5.11 Å². The summed E-state index contributed by atoms with van der Waals surface area (Å²) in [6.45, 7) is 9.03. The number of phenols is 1. The Morgan fingerprint density at radius 3 is 2.56 bits per heavy atom.